The van der Waals surface area contributed by atoms with Gasteiger partial charge in [0.1, 0.15) is 5.75 Å². The number of H-pyrrole nitrogens is 1. The fraction of sp³-hybridized carbons (Fsp3) is 0.167. The van der Waals surface area contributed by atoms with Gasteiger partial charge in [-0.3, -0.25) is 14.6 Å². The van der Waals surface area contributed by atoms with Crippen LogP contribution in [-0.2, 0) is 0 Å². The van der Waals surface area contributed by atoms with E-state index in [1.807, 2.05) is 18.8 Å². The molecule has 2 heterocycles. The highest BCUT2D eigenvalue weighted by atomic mass is 35.5. The van der Waals surface area contributed by atoms with E-state index in [2.05, 4.69) is 5.10 Å². The van der Waals surface area contributed by atoms with Crippen LogP contribution in [0.3, 0.4) is 0 Å². The predicted octanol–water partition coefficient (Wildman–Crippen LogP) is 2.46. The summed E-state index contributed by atoms with van der Waals surface area (Å²) in [7, 11) is 0. The number of hydrogen-bond donors (Lipinski definition) is 2. The van der Waals surface area contributed by atoms with Crippen molar-refractivity contribution in [3.05, 3.63) is 77.4 Å². The Bertz CT molecular complexity index is 1300. The SMILES string of the molecule is CC(C)n1cc(Oc2c(Cl)cc(-n3nc(C(=O)O)c(=O)[nH]c3=O)cc2Cl)ccc1=O. The molecule has 156 valence electrons. The summed E-state index contributed by atoms with van der Waals surface area (Å²) in [4.78, 5) is 48.5. The molecule has 3 aromatic rings. The standard InChI is InChI=1S/C18H14Cl2N4O6/c1-8(2)23-7-10(3-4-13(23)25)30-15-11(19)5-9(6-12(15)20)24-18(29)21-16(26)14(22-24)17(27)28/h3-8H,1-2H3,(H,27,28)(H,21,26,29). The highest BCUT2D eigenvalue weighted by Gasteiger charge is 2.18. The Balaban J connectivity index is 2.06. The molecule has 0 saturated carbocycles. The topological polar surface area (TPSA) is 136 Å². The van der Waals surface area contributed by atoms with E-state index in [1.165, 1.54) is 35.0 Å². The van der Waals surface area contributed by atoms with Crippen molar-refractivity contribution in [3.63, 3.8) is 0 Å². The van der Waals surface area contributed by atoms with E-state index in [0.29, 0.717) is 10.4 Å². The zero-order valence-corrected chi connectivity index (χ0v) is 17.1. The lowest BCUT2D eigenvalue weighted by Gasteiger charge is -2.14. The van der Waals surface area contributed by atoms with Gasteiger partial charge < -0.3 is 14.4 Å². The number of aromatic nitrogens is 4. The molecule has 0 bridgehead atoms. The van der Waals surface area contributed by atoms with Crippen molar-refractivity contribution in [2.75, 3.05) is 0 Å². The number of carboxylic acid groups (broad SMARTS) is 1. The first-order valence-electron chi connectivity index (χ1n) is 8.45. The normalized spacial score (nSPS) is 11.0. The number of aromatic carboxylic acids is 1. The van der Waals surface area contributed by atoms with Crippen LogP contribution in [0, 0.1) is 0 Å². The number of carbonyl (C=O) groups is 1. The number of hydrogen-bond acceptors (Lipinski definition) is 6. The highest BCUT2D eigenvalue weighted by molar-refractivity contribution is 6.37. The van der Waals surface area contributed by atoms with Crippen LogP contribution in [0.25, 0.3) is 5.69 Å². The zero-order chi connectivity index (χ0) is 22.2. The molecule has 0 saturated heterocycles. The van der Waals surface area contributed by atoms with Crippen molar-refractivity contribution in [2.24, 2.45) is 0 Å². The van der Waals surface area contributed by atoms with Gasteiger partial charge >= 0.3 is 11.7 Å². The predicted molar refractivity (Wildman–Crippen MR) is 109 cm³/mol. The molecule has 1 aromatic carbocycles. The third kappa shape index (κ3) is 4.14. The van der Waals surface area contributed by atoms with E-state index in [1.54, 1.807) is 0 Å². The number of pyridine rings is 1. The van der Waals surface area contributed by atoms with Crippen LogP contribution in [0.15, 0.2) is 44.8 Å². The Morgan fingerprint density at radius 1 is 1.17 bits per heavy atom. The van der Waals surface area contributed by atoms with E-state index < -0.39 is 22.9 Å². The van der Waals surface area contributed by atoms with Crippen LogP contribution in [0.4, 0.5) is 0 Å². The number of nitrogens with one attached hydrogen (secondary N) is 1. The van der Waals surface area contributed by atoms with Crippen LogP contribution in [-0.4, -0.2) is 30.4 Å². The summed E-state index contributed by atoms with van der Waals surface area (Å²) in [5, 5.41) is 12.5. The number of halogens is 2. The molecule has 0 aliphatic rings. The largest absolute Gasteiger partial charge is 0.476 e. The molecule has 0 amide bonds. The van der Waals surface area contributed by atoms with Crippen molar-refractivity contribution < 1.29 is 14.6 Å². The van der Waals surface area contributed by atoms with Crippen LogP contribution < -0.4 is 21.5 Å². The summed E-state index contributed by atoms with van der Waals surface area (Å²) in [6, 6.07) is 5.22. The number of ether oxygens (including phenoxy) is 1. The van der Waals surface area contributed by atoms with E-state index in [4.69, 9.17) is 33.0 Å². The smallest absolute Gasteiger partial charge is 0.362 e. The minimum Gasteiger partial charge on any atom is -0.476 e. The molecule has 12 heteroatoms. The van der Waals surface area contributed by atoms with Gasteiger partial charge in [0.05, 0.1) is 21.9 Å². The Kier molecular flexibility index (Phi) is 5.81. The Morgan fingerprint density at radius 2 is 1.80 bits per heavy atom. The van der Waals surface area contributed by atoms with Gasteiger partial charge in [-0.25, -0.2) is 9.59 Å². The highest BCUT2D eigenvalue weighted by Crippen LogP contribution is 2.37. The van der Waals surface area contributed by atoms with E-state index >= 15 is 0 Å². The number of carboxylic acids is 1. The molecule has 30 heavy (non-hydrogen) atoms. The molecule has 0 aliphatic heterocycles. The Morgan fingerprint density at radius 3 is 2.37 bits per heavy atom. The second-order valence-corrected chi connectivity index (χ2v) is 7.18. The maximum atomic E-state index is 12.0. The number of benzene rings is 1. The van der Waals surface area contributed by atoms with Crippen LogP contribution in [0.2, 0.25) is 10.0 Å². The van der Waals surface area contributed by atoms with Crippen molar-refractivity contribution >= 4 is 29.2 Å². The summed E-state index contributed by atoms with van der Waals surface area (Å²) < 4.78 is 7.81. The Labute approximate surface area is 177 Å². The first-order chi connectivity index (χ1) is 14.1. The number of rotatable bonds is 5. The van der Waals surface area contributed by atoms with Crippen molar-refractivity contribution in [3.8, 4) is 17.2 Å². The lowest BCUT2D eigenvalue weighted by Crippen LogP contribution is -2.35. The monoisotopic (exact) mass is 452 g/mol. The van der Waals surface area contributed by atoms with Gasteiger partial charge in [0.2, 0.25) is 5.69 Å². The molecule has 0 unspecified atom stereocenters. The van der Waals surface area contributed by atoms with Crippen LogP contribution in [0.5, 0.6) is 11.5 Å². The first kappa shape index (κ1) is 21.3. The summed E-state index contributed by atoms with van der Waals surface area (Å²) in [5.41, 5.74) is -3.19. The molecule has 0 aliphatic carbocycles. The minimum absolute atomic E-state index is 0.00764. The summed E-state index contributed by atoms with van der Waals surface area (Å²) in [5.74, 6) is -1.26. The van der Waals surface area contributed by atoms with Gasteiger partial charge in [-0.1, -0.05) is 23.2 Å². The molecule has 2 aromatic heterocycles. The van der Waals surface area contributed by atoms with Crippen molar-refractivity contribution in [1.82, 2.24) is 19.3 Å². The lowest BCUT2D eigenvalue weighted by molar-refractivity contribution is 0.0685. The first-order valence-corrected chi connectivity index (χ1v) is 9.20. The zero-order valence-electron chi connectivity index (χ0n) is 15.6. The third-order valence-corrected chi connectivity index (χ3v) is 4.51. The second-order valence-electron chi connectivity index (χ2n) is 6.37. The molecule has 0 spiro atoms. The fourth-order valence-corrected chi connectivity index (χ4v) is 3.10. The maximum Gasteiger partial charge on any atom is 0.362 e. The molecule has 0 radical (unpaired) electrons. The number of aromatic amines is 1. The summed E-state index contributed by atoms with van der Waals surface area (Å²) in [6.45, 7) is 3.67. The minimum atomic E-state index is -1.61. The molecule has 0 atom stereocenters. The third-order valence-electron chi connectivity index (χ3n) is 3.95. The van der Waals surface area contributed by atoms with Crippen molar-refractivity contribution in [1.29, 1.82) is 0 Å². The van der Waals surface area contributed by atoms with Gasteiger partial charge in [-0.2, -0.15) is 9.78 Å². The summed E-state index contributed by atoms with van der Waals surface area (Å²) in [6.07, 6.45) is 1.50. The average molecular weight is 453 g/mol. The van der Waals surface area contributed by atoms with Crippen LogP contribution >= 0.6 is 23.2 Å². The summed E-state index contributed by atoms with van der Waals surface area (Å²) >= 11 is 12.5. The van der Waals surface area contributed by atoms with Gasteiger partial charge in [-0.15, -0.1) is 0 Å². The van der Waals surface area contributed by atoms with Gasteiger partial charge in [0.25, 0.3) is 11.1 Å². The molecule has 0 fully saturated rings. The molecule has 10 nitrogen and oxygen atoms in total. The fourth-order valence-electron chi connectivity index (χ4n) is 2.55. The molecular formula is C18H14Cl2N4O6. The Hall–Kier alpha value is -3.37. The van der Waals surface area contributed by atoms with Gasteiger partial charge in [0, 0.05) is 12.1 Å². The molecular weight excluding hydrogens is 439 g/mol. The van der Waals surface area contributed by atoms with Gasteiger partial charge in [0.15, 0.2) is 5.75 Å². The van der Waals surface area contributed by atoms with E-state index in [-0.39, 0.29) is 33.1 Å². The van der Waals surface area contributed by atoms with E-state index in [0.717, 1.165) is 0 Å². The average Bonchev–Trinajstić information content (AvgIpc) is 2.65. The molecule has 3 rings (SSSR count). The van der Waals surface area contributed by atoms with Crippen molar-refractivity contribution in [2.45, 2.75) is 19.9 Å². The maximum absolute atomic E-state index is 12.0. The lowest BCUT2D eigenvalue weighted by atomic mass is 10.3. The number of nitrogens with zero attached hydrogens (tertiary/aromatic N) is 3. The van der Waals surface area contributed by atoms with Crippen LogP contribution in [0.1, 0.15) is 30.4 Å². The van der Waals surface area contributed by atoms with Gasteiger partial charge in [-0.05, 0) is 32.0 Å². The molecule has 2 N–H and O–H groups in total. The van der Waals surface area contributed by atoms with E-state index in [9.17, 15) is 19.2 Å². The second kappa shape index (κ2) is 8.17. The quantitative estimate of drug-likeness (QED) is 0.606.